The molecule has 0 aromatic heterocycles. The summed E-state index contributed by atoms with van der Waals surface area (Å²) in [4.78, 5) is 10.6. The highest BCUT2D eigenvalue weighted by molar-refractivity contribution is 5.73. The fourth-order valence-corrected chi connectivity index (χ4v) is 2.39. The van der Waals surface area contributed by atoms with Crippen LogP contribution in [0.15, 0.2) is 18.2 Å². The second-order valence-electron chi connectivity index (χ2n) is 4.57. The summed E-state index contributed by atoms with van der Waals surface area (Å²) in [6.07, 6.45) is 3.44. The number of aryl methyl sites for hydroxylation is 1. The normalized spacial score (nSPS) is 18.0. The van der Waals surface area contributed by atoms with Crippen LogP contribution in [0.5, 0.6) is 0 Å². The SMILES string of the molecule is NC(=O)CCCNC1CCc2cc(N)ccc21. The first-order valence-electron chi connectivity index (χ1n) is 6.07. The maximum atomic E-state index is 10.6. The fourth-order valence-electron chi connectivity index (χ4n) is 2.39. The van der Waals surface area contributed by atoms with Gasteiger partial charge in [-0.3, -0.25) is 4.79 Å². The van der Waals surface area contributed by atoms with E-state index >= 15 is 0 Å². The van der Waals surface area contributed by atoms with Gasteiger partial charge in [0.2, 0.25) is 5.91 Å². The zero-order valence-electron chi connectivity index (χ0n) is 9.91. The van der Waals surface area contributed by atoms with E-state index in [2.05, 4.69) is 17.4 Å². The number of fused-ring (bicyclic) bond motifs is 1. The first-order chi connectivity index (χ1) is 8.16. The van der Waals surface area contributed by atoms with E-state index in [0.29, 0.717) is 12.5 Å². The van der Waals surface area contributed by atoms with Gasteiger partial charge in [-0.15, -0.1) is 0 Å². The zero-order chi connectivity index (χ0) is 12.3. The number of nitrogens with one attached hydrogen (secondary N) is 1. The molecule has 2 rings (SSSR count). The van der Waals surface area contributed by atoms with Crippen molar-refractivity contribution in [2.24, 2.45) is 5.73 Å². The van der Waals surface area contributed by atoms with Gasteiger partial charge in [-0.25, -0.2) is 0 Å². The lowest BCUT2D eigenvalue weighted by molar-refractivity contribution is -0.118. The minimum Gasteiger partial charge on any atom is -0.399 e. The molecule has 0 spiro atoms. The van der Waals surface area contributed by atoms with Crippen LogP contribution in [0.2, 0.25) is 0 Å². The van der Waals surface area contributed by atoms with E-state index in [1.165, 1.54) is 11.1 Å². The first-order valence-corrected chi connectivity index (χ1v) is 6.07. The van der Waals surface area contributed by atoms with Gasteiger partial charge in [0.15, 0.2) is 0 Å². The highest BCUT2D eigenvalue weighted by Crippen LogP contribution is 2.32. The number of nitrogen functional groups attached to an aromatic ring is 1. The second kappa shape index (κ2) is 5.19. The monoisotopic (exact) mass is 233 g/mol. The summed E-state index contributed by atoms with van der Waals surface area (Å²) in [6.45, 7) is 0.831. The molecule has 92 valence electrons. The average molecular weight is 233 g/mol. The molecule has 4 heteroatoms. The van der Waals surface area contributed by atoms with Gasteiger partial charge in [0, 0.05) is 18.2 Å². The van der Waals surface area contributed by atoms with Gasteiger partial charge in [-0.05, 0) is 49.1 Å². The molecule has 0 radical (unpaired) electrons. The predicted octanol–water partition coefficient (Wildman–Crippen LogP) is 1.11. The minimum absolute atomic E-state index is 0.230. The van der Waals surface area contributed by atoms with Crippen molar-refractivity contribution in [1.29, 1.82) is 0 Å². The number of carbonyl (C=O) groups excluding carboxylic acids is 1. The fraction of sp³-hybridized carbons (Fsp3) is 0.462. The Labute approximate surface area is 101 Å². The van der Waals surface area contributed by atoms with Crippen LogP contribution in [0.4, 0.5) is 5.69 Å². The third-order valence-electron chi connectivity index (χ3n) is 3.24. The van der Waals surface area contributed by atoms with E-state index in [1.54, 1.807) is 0 Å². The number of anilines is 1. The van der Waals surface area contributed by atoms with Crippen molar-refractivity contribution in [3.63, 3.8) is 0 Å². The molecule has 17 heavy (non-hydrogen) atoms. The van der Waals surface area contributed by atoms with Crippen molar-refractivity contribution in [2.75, 3.05) is 12.3 Å². The lowest BCUT2D eigenvalue weighted by Crippen LogP contribution is -2.22. The lowest BCUT2D eigenvalue weighted by Gasteiger charge is -2.13. The maximum Gasteiger partial charge on any atom is 0.217 e. The Balaban J connectivity index is 1.87. The molecule has 0 saturated carbocycles. The molecule has 0 aliphatic heterocycles. The molecule has 1 aromatic carbocycles. The molecule has 4 nitrogen and oxygen atoms in total. The third kappa shape index (κ3) is 2.97. The first kappa shape index (κ1) is 11.9. The van der Waals surface area contributed by atoms with Crippen molar-refractivity contribution in [2.45, 2.75) is 31.7 Å². The number of nitrogens with two attached hydrogens (primary N) is 2. The number of benzene rings is 1. The minimum atomic E-state index is -0.230. The summed E-state index contributed by atoms with van der Waals surface area (Å²) < 4.78 is 0. The lowest BCUT2D eigenvalue weighted by atomic mass is 10.1. The predicted molar refractivity (Wildman–Crippen MR) is 68.3 cm³/mol. The topological polar surface area (TPSA) is 81.1 Å². The molecule has 0 fully saturated rings. The average Bonchev–Trinajstić information content (AvgIpc) is 2.66. The van der Waals surface area contributed by atoms with Gasteiger partial charge in [0.05, 0.1) is 0 Å². The summed E-state index contributed by atoms with van der Waals surface area (Å²) in [5.41, 5.74) is 14.4. The summed E-state index contributed by atoms with van der Waals surface area (Å²) in [5, 5.41) is 3.46. The molecule has 1 atom stereocenters. The summed E-state index contributed by atoms with van der Waals surface area (Å²) in [6, 6.07) is 6.50. The van der Waals surface area contributed by atoms with Crippen molar-refractivity contribution in [3.8, 4) is 0 Å². The van der Waals surface area contributed by atoms with Crippen molar-refractivity contribution in [1.82, 2.24) is 5.32 Å². The number of primary amides is 1. The molecular formula is C13H19N3O. The highest BCUT2D eigenvalue weighted by atomic mass is 16.1. The molecule has 1 aliphatic carbocycles. The molecule has 1 amide bonds. The van der Waals surface area contributed by atoms with Gasteiger partial charge in [-0.2, -0.15) is 0 Å². The van der Waals surface area contributed by atoms with E-state index in [9.17, 15) is 4.79 Å². The van der Waals surface area contributed by atoms with Crippen LogP contribution in [0.25, 0.3) is 0 Å². The highest BCUT2D eigenvalue weighted by Gasteiger charge is 2.21. The summed E-state index contributed by atoms with van der Waals surface area (Å²) in [7, 11) is 0. The molecular weight excluding hydrogens is 214 g/mol. The Kier molecular flexibility index (Phi) is 3.64. The van der Waals surface area contributed by atoms with E-state index in [1.807, 2.05) is 6.07 Å². The Morgan fingerprint density at radius 2 is 2.29 bits per heavy atom. The Hall–Kier alpha value is -1.55. The number of amides is 1. The molecule has 1 aromatic rings. The Morgan fingerprint density at radius 1 is 1.47 bits per heavy atom. The van der Waals surface area contributed by atoms with E-state index in [4.69, 9.17) is 11.5 Å². The Bertz CT molecular complexity index is 417. The van der Waals surface area contributed by atoms with Crippen LogP contribution in [-0.2, 0) is 11.2 Å². The quantitative estimate of drug-likeness (QED) is 0.526. The van der Waals surface area contributed by atoms with Crippen LogP contribution in [0.3, 0.4) is 0 Å². The van der Waals surface area contributed by atoms with Gasteiger partial charge in [0.1, 0.15) is 0 Å². The summed E-state index contributed by atoms with van der Waals surface area (Å²) >= 11 is 0. The molecule has 1 unspecified atom stereocenters. The van der Waals surface area contributed by atoms with E-state index < -0.39 is 0 Å². The standard InChI is InChI=1S/C13H19N3O/c14-10-4-5-11-9(8-10)3-6-12(11)16-7-1-2-13(15)17/h4-5,8,12,16H,1-3,6-7,14H2,(H2,15,17). The van der Waals surface area contributed by atoms with Crippen LogP contribution in [0, 0.1) is 0 Å². The molecule has 0 heterocycles. The van der Waals surface area contributed by atoms with Crippen LogP contribution in [0.1, 0.15) is 36.4 Å². The largest absolute Gasteiger partial charge is 0.399 e. The molecule has 0 bridgehead atoms. The van der Waals surface area contributed by atoms with Crippen molar-refractivity contribution in [3.05, 3.63) is 29.3 Å². The van der Waals surface area contributed by atoms with Crippen LogP contribution in [-0.4, -0.2) is 12.5 Å². The molecule has 1 aliphatic rings. The van der Waals surface area contributed by atoms with Gasteiger partial charge in [-0.1, -0.05) is 6.07 Å². The third-order valence-corrected chi connectivity index (χ3v) is 3.24. The zero-order valence-corrected chi connectivity index (χ0v) is 9.91. The van der Waals surface area contributed by atoms with Crippen molar-refractivity contribution >= 4 is 11.6 Å². The van der Waals surface area contributed by atoms with Crippen LogP contribution < -0.4 is 16.8 Å². The van der Waals surface area contributed by atoms with E-state index in [0.717, 1.165) is 31.5 Å². The number of carbonyl (C=O) groups is 1. The van der Waals surface area contributed by atoms with Gasteiger partial charge >= 0.3 is 0 Å². The summed E-state index contributed by atoms with van der Waals surface area (Å²) in [5.74, 6) is -0.230. The number of rotatable bonds is 5. The Morgan fingerprint density at radius 3 is 3.06 bits per heavy atom. The van der Waals surface area contributed by atoms with Crippen molar-refractivity contribution < 1.29 is 4.79 Å². The number of hydrogen-bond acceptors (Lipinski definition) is 3. The number of hydrogen-bond donors (Lipinski definition) is 3. The second-order valence-corrected chi connectivity index (χ2v) is 4.57. The van der Waals surface area contributed by atoms with Gasteiger partial charge < -0.3 is 16.8 Å². The van der Waals surface area contributed by atoms with E-state index in [-0.39, 0.29) is 5.91 Å². The van der Waals surface area contributed by atoms with Crippen LogP contribution >= 0.6 is 0 Å². The molecule has 0 saturated heterocycles. The van der Waals surface area contributed by atoms with Gasteiger partial charge in [0.25, 0.3) is 0 Å². The smallest absolute Gasteiger partial charge is 0.217 e. The maximum absolute atomic E-state index is 10.6. The molecule has 5 N–H and O–H groups in total.